The summed E-state index contributed by atoms with van der Waals surface area (Å²) >= 11 is 0. The molecular weight excluding hydrogens is 278 g/mol. The molecular formula is C22H23N. The van der Waals surface area contributed by atoms with E-state index < -0.39 is 0 Å². The van der Waals surface area contributed by atoms with Crippen molar-refractivity contribution in [3.05, 3.63) is 78.0 Å². The Kier molecular flexibility index (Phi) is 4.04. The summed E-state index contributed by atoms with van der Waals surface area (Å²) in [5, 5.41) is 0. The molecule has 1 heteroatoms. The molecule has 0 spiro atoms. The van der Waals surface area contributed by atoms with Crippen LogP contribution < -0.4 is 0 Å². The molecule has 0 saturated heterocycles. The lowest BCUT2D eigenvalue weighted by Gasteiger charge is -2.18. The smallest absolute Gasteiger partial charge is 0.0702 e. The topological polar surface area (TPSA) is 12.9 Å². The Morgan fingerprint density at radius 2 is 1.17 bits per heavy atom. The van der Waals surface area contributed by atoms with E-state index in [0.717, 1.165) is 11.3 Å². The van der Waals surface area contributed by atoms with E-state index in [1.54, 1.807) is 0 Å². The first-order valence-corrected chi connectivity index (χ1v) is 8.07. The van der Waals surface area contributed by atoms with Gasteiger partial charge in [0.25, 0.3) is 0 Å². The minimum absolute atomic E-state index is 0.140. The van der Waals surface area contributed by atoms with Crippen molar-refractivity contribution in [1.29, 1.82) is 0 Å². The van der Waals surface area contributed by atoms with Gasteiger partial charge in [0.1, 0.15) is 0 Å². The lowest BCUT2D eigenvalue weighted by molar-refractivity contribution is 0.587. The molecule has 1 aromatic heterocycles. The molecule has 1 nitrogen and oxygen atoms in total. The maximum absolute atomic E-state index is 4.63. The highest BCUT2D eigenvalue weighted by molar-refractivity contribution is 5.69. The zero-order chi connectivity index (χ0) is 16.4. The predicted octanol–water partition coefficient (Wildman–Crippen LogP) is 6.02. The Labute approximate surface area is 139 Å². The van der Waals surface area contributed by atoms with Gasteiger partial charge < -0.3 is 0 Å². The number of rotatable bonds is 2. The zero-order valence-corrected chi connectivity index (χ0v) is 14.3. The van der Waals surface area contributed by atoms with E-state index in [9.17, 15) is 0 Å². The van der Waals surface area contributed by atoms with Gasteiger partial charge in [0.05, 0.1) is 5.69 Å². The van der Waals surface area contributed by atoms with Gasteiger partial charge in [0.2, 0.25) is 0 Å². The van der Waals surface area contributed by atoms with E-state index in [1.165, 1.54) is 22.3 Å². The minimum atomic E-state index is 0.140. The highest BCUT2D eigenvalue weighted by Crippen LogP contribution is 2.26. The van der Waals surface area contributed by atoms with Crippen molar-refractivity contribution >= 4 is 0 Å². The second-order valence-corrected chi connectivity index (χ2v) is 7.13. The molecule has 116 valence electrons. The number of hydrogen-bond acceptors (Lipinski definition) is 1. The average molecular weight is 301 g/mol. The zero-order valence-electron chi connectivity index (χ0n) is 14.3. The van der Waals surface area contributed by atoms with Crippen molar-refractivity contribution in [3.63, 3.8) is 0 Å². The van der Waals surface area contributed by atoms with Crippen LogP contribution in [-0.2, 0) is 5.41 Å². The van der Waals surface area contributed by atoms with Crippen LogP contribution in [0.1, 0.15) is 31.9 Å². The molecule has 0 unspecified atom stereocenters. The number of benzene rings is 2. The molecule has 0 amide bonds. The van der Waals surface area contributed by atoms with Crippen molar-refractivity contribution < 1.29 is 0 Å². The molecule has 0 aliphatic rings. The first-order valence-electron chi connectivity index (χ1n) is 8.07. The highest BCUT2D eigenvalue weighted by atomic mass is 14.7. The summed E-state index contributed by atoms with van der Waals surface area (Å²) in [6.45, 7) is 8.74. The summed E-state index contributed by atoms with van der Waals surface area (Å²) in [7, 11) is 0. The Bertz CT molecular complexity index is 773. The Balaban J connectivity index is 1.86. The van der Waals surface area contributed by atoms with Crippen LogP contribution in [0.15, 0.2) is 66.9 Å². The molecule has 1 heterocycles. The van der Waals surface area contributed by atoms with Gasteiger partial charge in [-0.3, -0.25) is 4.98 Å². The summed E-state index contributed by atoms with van der Waals surface area (Å²) in [4.78, 5) is 4.63. The predicted molar refractivity (Wildman–Crippen MR) is 98.5 cm³/mol. The van der Waals surface area contributed by atoms with Gasteiger partial charge in [-0.15, -0.1) is 0 Å². The summed E-state index contributed by atoms with van der Waals surface area (Å²) in [5.41, 5.74) is 7.35. The minimum Gasteiger partial charge on any atom is -0.256 e. The Morgan fingerprint density at radius 3 is 1.65 bits per heavy atom. The lowest BCUT2D eigenvalue weighted by atomic mass is 9.88. The molecule has 3 aromatic rings. The van der Waals surface area contributed by atoms with Gasteiger partial charge in [-0.2, -0.15) is 0 Å². The molecule has 0 atom stereocenters. The number of nitrogens with zero attached hydrogens (tertiary/aromatic N) is 1. The third-order valence-corrected chi connectivity index (χ3v) is 4.20. The SMILES string of the molecule is Cc1ccc(-c2ccc(-c3ccc(C(C)(C)C)cn3)cc2)cc1. The second-order valence-electron chi connectivity index (χ2n) is 7.13. The third kappa shape index (κ3) is 3.50. The normalized spacial score (nSPS) is 11.5. The molecule has 0 radical (unpaired) electrons. The first-order chi connectivity index (χ1) is 10.9. The molecule has 0 saturated carbocycles. The van der Waals surface area contributed by atoms with Crippen LogP contribution >= 0.6 is 0 Å². The van der Waals surface area contributed by atoms with Crippen LogP contribution in [0.2, 0.25) is 0 Å². The van der Waals surface area contributed by atoms with Gasteiger partial charge in [-0.05, 0) is 35.1 Å². The summed E-state index contributed by atoms with van der Waals surface area (Å²) < 4.78 is 0. The third-order valence-electron chi connectivity index (χ3n) is 4.20. The Hall–Kier alpha value is -2.41. The van der Waals surface area contributed by atoms with Crippen LogP contribution in [0, 0.1) is 6.92 Å². The van der Waals surface area contributed by atoms with Crippen LogP contribution in [0.3, 0.4) is 0 Å². The van der Waals surface area contributed by atoms with Crippen molar-refractivity contribution in [2.24, 2.45) is 0 Å². The number of aryl methyl sites for hydroxylation is 1. The fraction of sp³-hybridized carbons (Fsp3) is 0.227. The average Bonchev–Trinajstić information content (AvgIpc) is 2.55. The molecule has 0 aliphatic carbocycles. The number of pyridine rings is 1. The van der Waals surface area contributed by atoms with Gasteiger partial charge >= 0.3 is 0 Å². The van der Waals surface area contributed by atoms with Gasteiger partial charge in [0, 0.05) is 11.8 Å². The van der Waals surface area contributed by atoms with Crippen LogP contribution in [-0.4, -0.2) is 4.98 Å². The number of hydrogen-bond donors (Lipinski definition) is 0. The van der Waals surface area contributed by atoms with E-state index in [2.05, 4.69) is 93.3 Å². The van der Waals surface area contributed by atoms with Crippen molar-refractivity contribution in [2.75, 3.05) is 0 Å². The summed E-state index contributed by atoms with van der Waals surface area (Å²) in [5.74, 6) is 0. The molecule has 2 aromatic carbocycles. The van der Waals surface area contributed by atoms with E-state index >= 15 is 0 Å². The molecule has 0 fully saturated rings. The van der Waals surface area contributed by atoms with Crippen molar-refractivity contribution in [3.8, 4) is 22.4 Å². The van der Waals surface area contributed by atoms with Crippen LogP contribution in [0.5, 0.6) is 0 Å². The first kappa shape index (κ1) is 15.5. The molecule has 23 heavy (non-hydrogen) atoms. The van der Waals surface area contributed by atoms with E-state index in [4.69, 9.17) is 0 Å². The standard InChI is InChI=1S/C22H23N/c1-16-5-7-17(8-6-16)18-9-11-19(12-10-18)21-14-13-20(15-23-21)22(2,3)4/h5-15H,1-4H3. The fourth-order valence-electron chi connectivity index (χ4n) is 2.59. The van der Waals surface area contributed by atoms with Crippen LogP contribution in [0.25, 0.3) is 22.4 Å². The van der Waals surface area contributed by atoms with Crippen LogP contribution in [0.4, 0.5) is 0 Å². The second kappa shape index (κ2) is 6.00. The summed E-state index contributed by atoms with van der Waals surface area (Å²) in [6, 6.07) is 21.5. The molecule has 0 bridgehead atoms. The molecule has 0 N–H and O–H groups in total. The quantitative estimate of drug-likeness (QED) is 0.564. The van der Waals surface area contributed by atoms with Gasteiger partial charge in [0.15, 0.2) is 0 Å². The van der Waals surface area contributed by atoms with E-state index in [1.807, 2.05) is 6.20 Å². The summed E-state index contributed by atoms with van der Waals surface area (Å²) in [6.07, 6.45) is 1.99. The maximum atomic E-state index is 4.63. The Morgan fingerprint density at radius 1 is 0.652 bits per heavy atom. The lowest BCUT2D eigenvalue weighted by Crippen LogP contribution is -2.11. The fourth-order valence-corrected chi connectivity index (χ4v) is 2.59. The highest BCUT2D eigenvalue weighted by Gasteiger charge is 2.13. The maximum Gasteiger partial charge on any atom is 0.0702 e. The van der Waals surface area contributed by atoms with Gasteiger partial charge in [-0.1, -0.05) is 80.9 Å². The van der Waals surface area contributed by atoms with Crippen molar-refractivity contribution in [2.45, 2.75) is 33.1 Å². The van der Waals surface area contributed by atoms with Gasteiger partial charge in [-0.25, -0.2) is 0 Å². The molecule has 0 aliphatic heterocycles. The number of aromatic nitrogens is 1. The monoisotopic (exact) mass is 301 g/mol. The largest absolute Gasteiger partial charge is 0.256 e. The van der Waals surface area contributed by atoms with E-state index in [0.29, 0.717) is 0 Å². The molecule has 3 rings (SSSR count). The van der Waals surface area contributed by atoms with Crippen molar-refractivity contribution in [1.82, 2.24) is 4.98 Å². The van der Waals surface area contributed by atoms with E-state index in [-0.39, 0.29) is 5.41 Å².